The van der Waals surface area contributed by atoms with E-state index in [1.165, 1.54) is 6.07 Å². The normalized spacial score (nSPS) is 10.1. The molecule has 1 aromatic carbocycles. The van der Waals surface area contributed by atoms with E-state index in [1.54, 1.807) is 13.1 Å². The number of pyridine rings is 1. The monoisotopic (exact) mass is 336 g/mol. The average Bonchev–Trinajstić information content (AvgIpc) is 2.44. The predicted octanol–water partition coefficient (Wildman–Crippen LogP) is 3.41. The summed E-state index contributed by atoms with van der Waals surface area (Å²) in [4.78, 5) is 14.7. The number of halogens is 1. The van der Waals surface area contributed by atoms with E-state index in [4.69, 9.17) is 0 Å². The maximum Gasteiger partial charge on any atom is 0.311 e. The molecule has 7 heteroatoms. The fourth-order valence-corrected chi connectivity index (χ4v) is 2.15. The molecular weight excluding hydrogens is 324 g/mol. The fraction of sp³-hybridized carbons (Fsp3) is 0.154. The molecule has 0 saturated heterocycles. The standard InChI is InChI=1S/C13H13BrN4O2/c1-15-12-6-5-11(18(19)20)13(17-12)16-8-9-3-2-4-10(14)7-9/h2-7H,8H2,1H3,(H2,15,16,17). The van der Waals surface area contributed by atoms with Gasteiger partial charge in [-0.15, -0.1) is 0 Å². The number of nitro groups is 1. The molecule has 20 heavy (non-hydrogen) atoms. The summed E-state index contributed by atoms with van der Waals surface area (Å²) in [6, 6.07) is 10.7. The van der Waals surface area contributed by atoms with Crippen LogP contribution >= 0.6 is 15.9 Å². The van der Waals surface area contributed by atoms with Gasteiger partial charge in [0.05, 0.1) is 4.92 Å². The number of rotatable bonds is 5. The first-order chi connectivity index (χ1) is 9.60. The fourth-order valence-electron chi connectivity index (χ4n) is 1.70. The Hall–Kier alpha value is -2.15. The highest BCUT2D eigenvalue weighted by Gasteiger charge is 2.15. The lowest BCUT2D eigenvalue weighted by molar-refractivity contribution is -0.384. The van der Waals surface area contributed by atoms with Crippen LogP contribution in [-0.4, -0.2) is 17.0 Å². The molecule has 0 fully saturated rings. The predicted molar refractivity (Wildman–Crippen MR) is 81.9 cm³/mol. The van der Waals surface area contributed by atoms with Crippen molar-refractivity contribution in [2.45, 2.75) is 6.54 Å². The zero-order valence-electron chi connectivity index (χ0n) is 10.8. The van der Waals surface area contributed by atoms with E-state index in [9.17, 15) is 10.1 Å². The van der Waals surface area contributed by atoms with E-state index in [0.717, 1.165) is 10.0 Å². The lowest BCUT2D eigenvalue weighted by atomic mass is 10.2. The summed E-state index contributed by atoms with van der Waals surface area (Å²) in [7, 11) is 1.71. The van der Waals surface area contributed by atoms with Crippen LogP contribution in [0.4, 0.5) is 17.3 Å². The molecule has 0 radical (unpaired) electrons. The van der Waals surface area contributed by atoms with Crippen LogP contribution in [0.3, 0.4) is 0 Å². The van der Waals surface area contributed by atoms with Crippen molar-refractivity contribution in [3.63, 3.8) is 0 Å². The third-order valence-electron chi connectivity index (χ3n) is 2.68. The molecule has 0 amide bonds. The highest BCUT2D eigenvalue weighted by molar-refractivity contribution is 9.10. The molecule has 104 valence electrons. The summed E-state index contributed by atoms with van der Waals surface area (Å²) in [6.07, 6.45) is 0. The minimum atomic E-state index is -0.449. The molecule has 1 aromatic heterocycles. The Labute approximate surface area is 124 Å². The largest absolute Gasteiger partial charge is 0.373 e. The Morgan fingerprint density at radius 1 is 1.35 bits per heavy atom. The zero-order chi connectivity index (χ0) is 14.5. The van der Waals surface area contributed by atoms with Gasteiger partial charge in [-0.1, -0.05) is 28.1 Å². The summed E-state index contributed by atoms with van der Waals surface area (Å²) in [5.41, 5.74) is 0.962. The Balaban J connectivity index is 2.21. The Bertz CT molecular complexity index is 634. The van der Waals surface area contributed by atoms with Gasteiger partial charge in [0, 0.05) is 24.1 Å². The average molecular weight is 337 g/mol. The number of anilines is 2. The molecule has 0 aliphatic heterocycles. The molecule has 2 rings (SSSR count). The summed E-state index contributed by atoms with van der Waals surface area (Å²) < 4.78 is 0.961. The SMILES string of the molecule is CNc1ccc([N+](=O)[O-])c(NCc2cccc(Br)c2)n1. The van der Waals surface area contributed by atoms with Gasteiger partial charge in [-0.2, -0.15) is 0 Å². The second kappa shape index (κ2) is 6.33. The molecule has 0 aliphatic rings. The smallest absolute Gasteiger partial charge is 0.311 e. The Morgan fingerprint density at radius 3 is 2.80 bits per heavy atom. The van der Waals surface area contributed by atoms with Crippen molar-refractivity contribution in [3.8, 4) is 0 Å². The topological polar surface area (TPSA) is 80.1 Å². The number of hydrogen-bond donors (Lipinski definition) is 2. The minimum absolute atomic E-state index is 0.0426. The van der Waals surface area contributed by atoms with Gasteiger partial charge < -0.3 is 10.6 Å². The van der Waals surface area contributed by atoms with Crippen LogP contribution in [0.1, 0.15) is 5.56 Å². The summed E-state index contributed by atoms with van der Waals surface area (Å²) in [6.45, 7) is 0.459. The number of aromatic nitrogens is 1. The maximum atomic E-state index is 11.0. The molecular formula is C13H13BrN4O2. The van der Waals surface area contributed by atoms with E-state index < -0.39 is 4.92 Å². The Kier molecular flexibility index (Phi) is 4.52. The second-order valence-corrected chi connectivity index (χ2v) is 4.97. The summed E-state index contributed by atoms with van der Waals surface area (Å²) in [5.74, 6) is 0.828. The van der Waals surface area contributed by atoms with Crippen molar-refractivity contribution in [2.24, 2.45) is 0 Å². The number of benzene rings is 1. The number of nitrogens with one attached hydrogen (secondary N) is 2. The van der Waals surface area contributed by atoms with Gasteiger partial charge in [-0.25, -0.2) is 4.98 Å². The number of hydrogen-bond acceptors (Lipinski definition) is 5. The van der Waals surface area contributed by atoms with Crippen LogP contribution < -0.4 is 10.6 Å². The first kappa shape index (κ1) is 14.3. The highest BCUT2D eigenvalue weighted by Crippen LogP contribution is 2.24. The second-order valence-electron chi connectivity index (χ2n) is 4.05. The molecule has 0 spiro atoms. The van der Waals surface area contributed by atoms with Crippen LogP contribution in [0.5, 0.6) is 0 Å². The van der Waals surface area contributed by atoms with Gasteiger partial charge in [0.2, 0.25) is 5.82 Å². The molecule has 0 aliphatic carbocycles. The summed E-state index contributed by atoms with van der Waals surface area (Å²) in [5, 5.41) is 16.8. The molecule has 2 N–H and O–H groups in total. The molecule has 0 bridgehead atoms. The van der Waals surface area contributed by atoms with Gasteiger partial charge >= 0.3 is 5.69 Å². The molecule has 2 aromatic rings. The van der Waals surface area contributed by atoms with Gasteiger partial charge in [-0.3, -0.25) is 10.1 Å². The van der Waals surface area contributed by atoms with Crippen molar-refractivity contribution in [2.75, 3.05) is 17.7 Å². The van der Waals surface area contributed by atoms with Gasteiger partial charge in [-0.05, 0) is 23.8 Å². The Morgan fingerprint density at radius 2 is 2.15 bits per heavy atom. The maximum absolute atomic E-state index is 11.0. The third-order valence-corrected chi connectivity index (χ3v) is 3.17. The van der Waals surface area contributed by atoms with Crippen molar-refractivity contribution >= 4 is 33.3 Å². The minimum Gasteiger partial charge on any atom is -0.373 e. The van der Waals surface area contributed by atoms with Crippen molar-refractivity contribution in [1.29, 1.82) is 0 Å². The van der Waals surface area contributed by atoms with Gasteiger partial charge in [0.25, 0.3) is 0 Å². The molecule has 0 atom stereocenters. The molecule has 6 nitrogen and oxygen atoms in total. The van der Waals surface area contributed by atoms with Gasteiger partial charge in [0.1, 0.15) is 5.82 Å². The highest BCUT2D eigenvalue weighted by atomic mass is 79.9. The van der Waals surface area contributed by atoms with E-state index in [1.807, 2.05) is 24.3 Å². The van der Waals surface area contributed by atoms with E-state index in [2.05, 4.69) is 31.5 Å². The van der Waals surface area contributed by atoms with Crippen LogP contribution in [0.15, 0.2) is 40.9 Å². The molecule has 0 saturated carbocycles. The van der Waals surface area contributed by atoms with Crippen molar-refractivity contribution in [3.05, 3.63) is 56.5 Å². The van der Waals surface area contributed by atoms with E-state index in [0.29, 0.717) is 12.4 Å². The first-order valence-electron chi connectivity index (χ1n) is 5.91. The number of nitrogens with zero attached hydrogens (tertiary/aromatic N) is 2. The van der Waals surface area contributed by atoms with Crippen LogP contribution in [-0.2, 0) is 6.54 Å². The first-order valence-corrected chi connectivity index (χ1v) is 6.71. The van der Waals surface area contributed by atoms with Crippen molar-refractivity contribution in [1.82, 2.24) is 4.98 Å². The van der Waals surface area contributed by atoms with Gasteiger partial charge in [0.15, 0.2) is 0 Å². The lowest BCUT2D eigenvalue weighted by Gasteiger charge is -2.08. The van der Waals surface area contributed by atoms with Crippen LogP contribution in [0.25, 0.3) is 0 Å². The molecule has 1 heterocycles. The van der Waals surface area contributed by atoms with Crippen LogP contribution in [0.2, 0.25) is 0 Å². The summed E-state index contributed by atoms with van der Waals surface area (Å²) >= 11 is 3.39. The van der Waals surface area contributed by atoms with Crippen LogP contribution in [0, 0.1) is 10.1 Å². The van der Waals surface area contributed by atoms with E-state index in [-0.39, 0.29) is 11.5 Å². The third kappa shape index (κ3) is 3.45. The van der Waals surface area contributed by atoms with E-state index >= 15 is 0 Å². The molecule has 0 unspecified atom stereocenters. The van der Waals surface area contributed by atoms with Crippen molar-refractivity contribution < 1.29 is 4.92 Å². The zero-order valence-corrected chi connectivity index (χ0v) is 12.3. The lowest BCUT2D eigenvalue weighted by Crippen LogP contribution is -2.06. The quantitative estimate of drug-likeness (QED) is 0.646.